The monoisotopic (exact) mass is 833 g/mol. The maximum Gasteiger partial charge on any atom is 0.306 e. The van der Waals surface area contributed by atoms with Crippen LogP contribution in [-0.2, 0) is 38.7 Å². The van der Waals surface area contributed by atoms with Crippen LogP contribution in [0, 0.1) is 0 Å². The fourth-order valence-electron chi connectivity index (χ4n) is 6.72. The molecule has 0 saturated carbocycles. The fraction of sp³-hybridized carbons (Fsp3) is 0.864. The minimum Gasteiger partial charge on any atom is -0.462 e. The molecule has 1 aliphatic rings. The van der Waals surface area contributed by atoms with Crippen molar-refractivity contribution in [3.63, 3.8) is 0 Å². The Morgan fingerprint density at radius 2 is 1.00 bits per heavy atom. The number of ether oxygens (including phenoxy) is 4. The lowest BCUT2D eigenvalue weighted by atomic mass is 10.00. The Bertz CT molecular complexity index is 1160. The average molecular weight is 833 g/mol. The lowest BCUT2D eigenvalue weighted by molar-refractivity contribution is -0.297. The number of rotatable bonds is 37. The van der Waals surface area contributed by atoms with Gasteiger partial charge in [0.1, 0.15) is 36.8 Å². The number of carbonyl (C=O) groups excluding carboxylic acids is 2. The number of aliphatic hydroxyl groups is 3. The summed E-state index contributed by atoms with van der Waals surface area (Å²) in [5.41, 5.74) is 0. The van der Waals surface area contributed by atoms with E-state index in [0.717, 1.165) is 70.6 Å². The van der Waals surface area contributed by atoms with Crippen LogP contribution >= 0.6 is 0 Å². The Morgan fingerprint density at radius 3 is 1.49 bits per heavy atom. The number of esters is 2. The number of allylic oxidation sites excluding steroid dienone is 4. The van der Waals surface area contributed by atoms with Gasteiger partial charge in [0, 0.05) is 12.8 Å². The highest BCUT2D eigenvalue weighted by atomic mass is 32.2. The van der Waals surface area contributed by atoms with E-state index in [-0.39, 0.29) is 19.4 Å². The van der Waals surface area contributed by atoms with Gasteiger partial charge in [-0.05, 0) is 64.2 Å². The number of carbonyl (C=O) groups is 2. The third-order valence-electron chi connectivity index (χ3n) is 10.3. The van der Waals surface area contributed by atoms with Crippen molar-refractivity contribution >= 4 is 22.1 Å². The number of aliphatic hydroxyl groups excluding tert-OH is 3. The molecule has 1 fully saturated rings. The largest absolute Gasteiger partial charge is 0.462 e. The molecule has 0 radical (unpaired) electrons. The number of hydrogen-bond acceptors (Lipinski definition) is 11. The van der Waals surface area contributed by atoms with Gasteiger partial charge in [-0.2, -0.15) is 8.42 Å². The van der Waals surface area contributed by atoms with Crippen molar-refractivity contribution in [2.75, 3.05) is 19.0 Å². The van der Waals surface area contributed by atoms with Gasteiger partial charge in [0.15, 0.2) is 12.4 Å². The van der Waals surface area contributed by atoms with Gasteiger partial charge in [0.2, 0.25) is 0 Å². The molecular weight excluding hydrogens is 753 g/mol. The zero-order chi connectivity index (χ0) is 42.0. The zero-order valence-corrected chi connectivity index (χ0v) is 36.3. The van der Waals surface area contributed by atoms with Gasteiger partial charge in [0.05, 0.1) is 6.61 Å². The third kappa shape index (κ3) is 29.9. The summed E-state index contributed by atoms with van der Waals surface area (Å²) in [7, 11) is -4.60. The van der Waals surface area contributed by atoms with E-state index in [9.17, 15) is 37.9 Å². The summed E-state index contributed by atoms with van der Waals surface area (Å²) in [6, 6.07) is 0. The molecule has 1 heterocycles. The van der Waals surface area contributed by atoms with Gasteiger partial charge in [-0.1, -0.05) is 134 Å². The summed E-state index contributed by atoms with van der Waals surface area (Å²) >= 11 is 0. The molecule has 57 heavy (non-hydrogen) atoms. The van der Waals surface area contributed by atoms with E-state index < -0.39 is 71.2 Å². The molecule has 2 unspecified atom stereocenters. The molecule has 4 N–H and O–H groups in total. The summed E-state index contributed by atoms with van der Waals surface area (Å²) in [6.07, 6.45) is 27.9. The Balaban J connectivity index is 2.45. The zero-order valence-electron chi connectivity index (χ0n) is 35.4. The van der Waals surface area contributed by atoms with Crippen LogP contribution in [0.15, 0.2) is 24.3 Å². The minimum atomic E-state index is -4.60. The molecule has 1 rings (SSSR count). The molecular formula is C44H80O12S. The molecule has 6 atom stereocenters. The maximum atomic E-state index is 12.8. The van der Waals surface area contributed by atoms with Crippen molar-refractivity contribution in [3.8, 4) is 0 Å². The summed E-state index contributed by atoms with van der Waals surface area (Å²) in [4.78, 5) is 25.4. The Kier molecular flexibility index (Phi) is 32.6. The summed E-state index contributed by atoms with van der Waals surface area (Å²) in [5.74, 6) is -2.00. The molecule has 0 aliphatic carbocycles. The SMILES string of the molecule is CCCCC/C=C/CCCCCCCC(=O)OC[C@H](CO[C@H]1O[C@H](CS(=O)(=O)O)[C@@H](O)C(O)C1O)OC(=O)CCCCCCCCC/C=C/CCCCCCCC. The summed E-state index contributed by atoms with van der Waals surface area (Å²) in [5, 5.41) is 30.8. The lowest BCUT2D eigenvalue weighted by Gasteiger charge is -2.40. The van der Waals surface area contributed by atoms with Crippen LogP contribution in [0.3, 0.4) is 0 Å². The second-order valence-electron chi connectivity index (χ2n) is 15.7. The molecule has 0 bridgehead atoms. The van der Waals surface area contributed by atoms with Crippen LogP contribution < -0.4 is 0 Å². The standard InChI is InChI=1S/C44H80O12S/c1-3-5-7-9-11-13-15-17-18-19-20-21-23-25-27-29-31-33-40(46)55-37(35-54-44-43(49)42(48)41(47)38(56-44)36-57(50,51)52)34-53-39(45)32-30-28-26-24-22-16-14-12-10-8-6-4-2/h12,14,17-18,37-38,41-44,47-49H,3-11,13,15-16,19-36H2,1-2H3,(H,50,51,52)/b14-12+,18-17+/t37-,38-,41-,42?,43?,44+/m1/s1. The first-order valence-electron chi connectivity index (χ1n) is 22.4. The highest BCUT2D eigenvalue weighted by Gasteiger charge is 2.46. The molecule has 334 valence electrons. The second-order valence-corrected chi connectivity index (χ2v) is 17.2. The van der Waals surface area contributed by atoms with Crippen molar-refractivity contribution in [1.29, 1.82) is 0 Å². The van der Waals surface area contributed by atoms with Crippen LogP contribution in [0.2, 0.25) is 0 Å². The summed E-state index contributed by atoms with van der Waals surface area (Å²) < 4.78 is 54.0. The van der Waals surface area contributed by atoms with Crippen LogP contribution in [0.5, 0.6) is 0 Å². The fourth-order valence-corrected chi connectivity index (χ4v) is 7.42. The quantitative estimate of drug-likeness (QED) is 0.0202. The first-order chi connectivity index (χ1) is 27.5. The summed E-state index contributed by atoms with van der Waals surface area (Å²) in [6.45, 7) is 3.72. The van der Waals surface area contributed by atoms with E-state index >= 15 is 0 Å². The van der Waals surface area contributed by atoms with Crippen molar-refractivity contribution < 1.29 is 56.8 Å². The Hall–Kier alpha value is -1.87. The molecule has 1 aliphatic heterocycles. The van der Waals surface area contributed by atoms with Gasteiger partial charge in [-0.3, -0.25) is 14.1 Å². The van der Waals surface area contributed by atoms with Crippen molar-refractivity contribution in [2.24, 2.45) is 0 Å². The highest BCUT2D eigenvalue weighted by molar-refractivity contribution is 7.85. The van der Waals surface area contributed by atoms with E-state index in [1.165, 1.54) is 77.0 Å². The second kappa shape index (κ2) is 34.9. The van der Waals surface area contributed by atoms with Crippen molar-refractivity contribution in [1.82, 2.24) is 0 Å². The van der Waals surface area contributed by atoms with Gasteiger partial charge >= 0.3 is 11.9 Å². The predicted octanol–water partition coefficient (Wildman–Crippen LogP) is 8.84. The third-order valence-corrected chi connectivity index (χ3v) is 11.0. The maximum absolute atomic E-state index is 12.8. The molecule has 0 aromatic rings. The van der Waals surface area contributed by atoms with E-state index in [4.69, 9.17) is 18.9 Å². The van der Waals surface area contributed by atoms with Crippen LogP contribution in [0.1, 0.15) is 187 Å². The van der Waals surface area contributed by atoms with Gasteiger partial charge in [-0.25, -0.2) is 0 Å². The highest BCUT2D eigenvalue weighted by Crippen LogP contribution is 2.24. The lowest BCUT2D eigenvalue weighted by Crippen LogP contribution is -2.60. The Labute approximate surface area is 345 Å². The number of unbranched alkanes of at least 4 members (excludes halogenated alkanes) is 21. The minimum absolute atomic E-state index is 0.159. The molecule has 0 aromatic carbocycles. The first-order valence-corrected chi connectivity index (χ1v) is 24.0. The van der Waals surface area contributed by atoms with Gasteiger partial charge in [0.25, 0.3) is 10.1 Å². The molecule has 0 aromatic heterocycles. The van der Waals surface area contributed by atoms with Crippen molar-refractivity contribution in [3.05, 3.63) is 24.3 Å². The van der Waals surface area contributed by atoms with E-state index in [1.807, 2.05) is 0 Å². The first kappa shape index (κ1) is 53.1. The normalized spacial score (nSPS) is 20.7. The molecule has 12 nitrogen and oxygen atoms in total. The molecule has 13 heteroatoms. The molecule has 0 spiro atoms. The van der Waals surface area contributed by atoms with Crippen LogP contribution in [0.4, 0.5) is 0 Å². The van der Waals surface area contributed by atoms with Crippen LogP contribution in [0.25, 0.3) is 0 Å². The predicted molar refractivity (Wildman–Crippen MR) is 224 cm³/mol. The van der Waals surface area contributed by atoms with Gasteiger partial charge < -0.3 is 34.3 Å². The Morgan fingerprint density at radius 1 is 0.579 bits per heavy atom. The van der Waals surface area contributed by atoms with Crippen LogP contribution in [-0.4, -0.2) is 96.0 Å². The molecule has 1 saturated heterocycles. The van der Waals surface area contributed by atoms with E-state index in [2.05, 4.69) is 38.2 Å². The topological polar surface area (TPSA) is 186 Å². The molecule has 0 amide bonds. The van der Waals surface area contributed by atoms with E-state index in [1.54, 1.807) is 0 Å². The average Bonchev–Trinajstić information content (AvgIpc) is 3.17. The van der Waals surface area contributed by atoms with Crippen molar-refractivity contribution in [2.45, 2.75) is 224 Å². The van der Waals surface area contributed by atoms with Gasteiger partial charge in [-0.15, -0.1) is 0 Å². The van der Waals surface area contributed by atoms with E-state index in [0.29, 0.717) is 12.8 Å². The number of hydrogen-bond donors (Lipinski definition) is 4. The smallest absolute Gasteiger partial charge is 0.306 e.